The summed E-state index contributed by atoms with van der Waals surface area (Å²) in [5.41, 5.74) is 3.30. The summed E-state index contributed by atoms with van der Waals surface area (Å²) in [6.07, 6.45) is 2.56. The molecule has 6 heteroatoms. The van der Waals surface area contributed by atoms with Crippen LogP contribution in [0.15, 0.2) is 69.1 Å². The number of halogens is 1. The smallest absolute Gasteiger partial charge is 0.271 e. The van der Waals surface area contributed by atoms with Gasteiger partial charge in [-0.25, -0.2) is 5.43 Å². The van der Waals surface area contributed by atoms with Crippen LogP contribution >= 0.6 is 11.6 Å². The number of nitrogens with zero attached hydrogens (tertiary/aromatic N) is 1. The van der Waals surface area contributed by atoms with Crippen LogP contribution in [0.4, 0.5) is 0 Å². The van der Waals surface area contributed by atoms with E-state index in [-0.39, 0.29) is 11.0 Å². The van der Waals surface area contributed by atoms with Crippen LogP contribution in [-0.4, -0.2) is 12.1 Å². The van der Waals surface area contributed by atoms with Crippen LogP contribution in [0, 0.1) is 0 Å². The van der Waals surface area contributed by atoms with Crippen LogP contribution < -0.4 is 10.9 Å². The second-order valence-electron chi connectivity index (χ2n) is 4.72. The fourth-order valence-corrected chi connectivity index (χ4v) is 2.13. The zero-order valence-corrected chi connectivity index (χ0v) is 12.6. The molecule has 3 rings (SSSR count). The monoisotopic (exact) mass is 326 g/mol. The number of hydrogen-bond donors (Lipinski definition) is 1. The highest BCUT2D eigenvalue weighted by Crippen LogP contribution is 2.10. The van der Waals surface area contributed by atoms with Gasteiger partial charge in [-0.2, -0.15) is 5.10 Å². The molecule has 0 aliphatic heterocycles. The van der Waals surface area contributed by atoms with Gasteiger partial charge in [-0.15, -0.1) is 0 Å². The summed E-state index contributed by atoms with van der Waals surface area (Å²) in [6.45, 7) is 0. The SMILES string of the molecule is O=C(NN=Cc1coc2ccccc2c1=O)c1ccc(Cl)cc1. The molecule has 23 heavy (non-hydrogen) atoms. The first kappa shape index (κ1) is 15.0. The van der Waals surface area contributed by atoms with Crippen molar-refractivity contribution in [3.05, 3.63) is 81.2 Å². The Morgan fingerprint density at radius 2 is 1.87 bits per heavy atom. The zero-order valence-electron chi connectivity index (χ0n) is 11.8. The van der Waals surface area contributed by atoms with Gasteiger partial charge in [0.1, 0.15) is 11.8 Å². The number of para-hydroxylation sites is 1. The van der Waals surface area contributed by atoms with Crippen molar-refractivity contribution >= 4 is 34.7 Å². The molecule has 1 aromatic heterocycles. The van der Waals surface area contributed by atoms with Gasteiger partial charge in [-0.3, -0.25) is 9.59 Å². The third-order valence-electron chi connectivity index (χ3n) is 3.18. The number of rotatable bonds is 3. The molecular weight excluding hydrogens is 316 g/mol. The lowest BCUT2D eigenvalue weighted by atomic mass is 10.2. The highest BCUT2D eigenvalue weighted by atomic mass is 35.5. The minimum absolute atomic E-state index is 0.212. The lowest BCUT2D eigenvalue weighted by Crippen LogP contribution is -2.18. The van der Waals surface area contributed by atoms with Crippen LogP contribution in [0.1, 0.15) is 15.9 Å². The molecule has 0 unspecified atom stereocenters. The van der Waals surface area contributed by atoms with Gasteiger partial charge in [0.15, 0.2) is 0 Å². The Morgan fingerprint density at radius 3 is 2.65 bits per heavy atom. The number of carbonyl (C=O) groups is 1. The third kappa shape index (κ3) is 3.30. The highest BCUT2D eigenvalue weighted by Gasteiger charge is 2.06. The molecule has 114 valence electrons. The van der Waals surface area contributed by atoms with Gasteiger partial charge >= 0.3 is 0 Å². The molecule has 0 atom stereocenters. The Hall–Kier alpha value is -2.92. The van der Waals surface area contributed by atoms with E-state index < -0.39 is 5.91 Å². The van der Waals surface area contributed by atoms with Crippen LogP contribution in [0.2, 0.25) is 5.02 Å². The molecule has 5 nitrogen and oxygen atoms in total. The summed E-state index contributed by atoms with van der Waals surface area (Å²) in [7, 11) is 0. The second-order valence-corrected chi connectivity index (χ2v) is 5.16. The molecule has 1 N–H and O–H groups in total. The number of hydrazone groups is 1. The fraction of sp³-hybridized carbons (Fsp3) is 0. The molecule has 1 heterocycles. The Balaban J connectivity index is 1.78. The van der Waals surface area contributed by atoms with Crippen molar-refractivity contribution in [3.63, 3.8) is 0 Å². The summed E-state index contributed by atoms with van der Waals surface area (Å²) < 4.78 is 5.36. The van der Waals surface area contributed by atoms with Gasteiger partial charge < -0.3 is 4.42 Å². The molecule has 0 aliphatic carbocycles. The van der Waals surface area contributed by atoms with Gasteiger partial charge in [0, 0.05) is 10.6 Å². The third-order valence-corrected chi connectivity index (χ3v) is 3.43. The topological polar surface area (TPSA) is 71.7 Å². The van der Waals surface area contributed by atoms with E-state index in [0.717, 1.165) is 0 Å². The van der Waals surface area contributed by atoms with Gasteiger partial charge in [-0.1, -0.05) is 23.7 Å². The van der Waals surface area contributed by atoms with E-state index in [0.29, 0.717) is 21.6 Å². The second kappa shape index (κ2) is 6.46. The lowest BCUT2D eigenvalue weighted by molar-refractivity contribution is 0.0955. The van der Waals surface area contributed by atoms with E-state index >= 15 is 0 Å². The van der Waals surface area contributed by atoms with Crippen molar-refractivity contribution in [1.82, 2.24) is 5.43 Å². The van der Waals surface area contributed by atoms with Crippen molar-refractivity contribution in [2.24, 2.45) is 5.10 Å². The molecule has 3 aromatic rings. The predicted octanol–water partition coefficient (Wildman–Crippen LogP) is 3.21. The maximum atomic E-state index is 12.2. The Bertz CT molecular complexity index is 946. The van der Waals surface area contributed by atoms with E-state index in [1.165, 1.54) is 12.5 Å². The number of nitrogens with one attached hydrogen (secondary N) is 1. The van der Waals surface area contributed by atoms with Gasteiger partial charge in [0.2, 0.25) is 5.43 Å². The summed E-state index contributed by atoms with van der Waals surface area (Å²) in [5.74, 6) is -0.400. The Labute approximate surface area is 136 Å². The first-order valence-electron chi connectivity index (χ1n) is 6.74. The van der Waals surface area contributed by atoms with Gasteiger partial charge in [0.05, 0.1) is 17.2 Å². The normalized spacial score (nSPS) is 11.0. The molecule has 0 radical (unpaired) electrons. The Morgan fingerprint density at radius 1 is 1.13 bits per heavy atom. The fourth-order valence-electron chi connectivity index (χ4n) is 2.01. The first-order chi connectivity index (χ1) is 11.1. The van der Waals surface area contributed by atoms with Crippen molar-refractivity contribution in [2.75, 3.05) is 0 Å². The standard InChI is InChI=1S/C17H11ClN2O3/c18-13-7-5-11(6-8-13)17(22)20-19-9-12-10-23-15-4-2-1-3-14(15)16(12)21/h1-10H,(H,20,22). The molecule has 0 fully saturated rings. The van der Waals surface area contributed by atoms with Crippen LogP contribution in [0.25, 0.3) is 11.0 Å². The van der Waals surface area contributed by atoms with Crippen molar-refractivity contribution in [1.29, 1.82) is 0 Å². The maximum Gasteiger partial charge on any atom is 0.271 e. The first-order valence-corrected chi connectivity index (χ1v) is 7.12. The van der Waals surface area contributed by atoms with E-state index in [2.05, 4.69) is 10.5 Å². The number of amides is 1. The van der Waals surface area contributed by atoms with Crippen molar-refractivity contribution in [3.8, 4) is 0 Å². The minimum atomic E-state index is -0.400. The van der Waals surface area contributed by atoms with E-state index in [1.807, 2.05) is 0 Å². The summed E-state index contributed by atoms with van der Waals surface area (Å²) in [5, 5.41) is 4.79. The molecule has 2 aromatic carbocycles. The van der Waals surface area contributed by atoms with Crippen LogP contribution in [0.5, 0.6) is 0 Å². The minimum Gasteiger partial charge on any atom is -0.463 e. The van der Waals surface area contributed by atoms with Crippen LogP contribution in [-0.2, 0) is 0 Å². The number of fused-ring (bicyclic) bond motifs is 1. The molecular formula is C17H11ClN2O3. The summed E-state index contributed by atoms with van der Waals surface area (Å²) in [6, 6.07) is 13.3. The average Bonchev–Trinajstić information content (AvgIpc) is 2.57. The summed E-state index contributed by atoms with van der Waals surface area (Å²) >= 11 is 5.76. The quantitative estimate of drug-likeness (QED) is 0.593. The molecule has 0 saturated heterocycles. The maximum absolute atomic E-state index is 12.2. The van der Waals surface area contributed by atoms with Crippen molar-refractivity contribution in [2.45, 2.75) is 0 Å². The largest absolute Gasteiger partial charge is 0.463 e. The molecule has 0 bridgehead atoms. The number of benzene rings is 2. The van der Waals surface area contributed by atoms with E-state index in [1.54, 1.807) is 48.5 Å². The molecule has 0 saturated carbocycles. The highest BCUT2D eigenvalue weighted by molar-refractivity contribution is 6.30. The molecule has 0 spiro atoms. The predicted molar refractivity (Wildman–Crippen MR) is 89.0 cm³/mol. The zero-order chi connectivity index (χ0) is 16.2. The summed E-state index contributed by atoms with van der Waals surface area (Å²) in [4.78, 5) is 24.1. The van der Waals surface area contributed by atoms with E-state index in [9.17, 15) is 9.59 Å². The average molecular weight is 327 g/mol. The lowest BCUT2D eigenvalue weighted by Gasteiger charge is -2.00. The molecule has 1 amide bonds. The van der Waals surface area contributed by atoms with Crippen molar-refractivity contribution < 1.29 is 9.21 Å². The van der Waals surface area contributed by atoms with Crippen LogP contribution in [0.3, 0.4) is 0 Å². The van der Waals surface area contributed by atoms with Gasteiger partial charge in [-0.05, 0) is 36.4 Å². The molecule has 0 aliphatic rings. The van der Waals surface area contributed by atoms with E-state index in [4.69, 9.17) is 16.0 Å². The Kier molecular flexibility index (Phi) is 4.21. The van der Waals surface area contributed by atoms with Gasteiger partial charge in [0.25, 0.3) is 5.91 Å². The number of carbonyl (C=O) groups excluding carboxylic acids is 1. The number of hydrogen-bond acceptors (Lipinski definition) is 4.